The van der Waals surface area contributed by atoms with Crippen molar-refractivity contribution in [3.8, 4) is 0 Å². The topological polar surface area (TPSA) is 52.2 Å². The molecular formula is C14H21N3O2. The standard InChI is InChI=1S/C14H21N3O2/c1-12(5-6-14-4-3-8-19-14)16-13-10-15-17(11-13)7-9-18-2/h3-4,8,10-12,16H,5-7,9H2,1-2H3. The number of hydrogen-bond donors (Lipinski definition) is 1. The Labute approximate surface area is 113 Å². The molecule has 0 spiro atoms. The summed E-state index contributed by atoms with van der Waals surface area (Å²) >= 11 is 0. The summed E-state index contributed by atoms with van der Waals surface area (Å²) in [5.74, 6) is 1.03. The lowest BCUT2D eigenvalue weighted by molar-refractivity contribution is 0.183. The molecule has 0 bridgehead atoms. The van der Waals surface area contributed by atoms with Crippen molar-refractivity contribution in [2.75, 3.05) is 19.0 Å². The van der Waals surface area contributed by atoms with Crippen LogP contribution >= 0.6 is 0 Å². The third-order valence-electron chi connectivity index (χ3n) is 2.97. The number of nitrogens with zero attached hydrogens (tertiary/aromatic N) is 2. The van der Waals surface area contributed by atoms with Gasteiger partial charge in [0.05, 0.1) is 31.3 Å². The van der Waals surface area contributed by atoms with Crippen LogP contribution in [0.5, 0.6) is 0 Å². The van der Waals surface area contributed by atoms with Crippen molar-refractivity contribution in [3.05, 3.63) is 36.5 Å². The van der Waals surface area contributed by atoms with Gasteiger partial charge in [-0.05, 0) is 25.5 Å². The van der Waals surface area contributed by atoms with Crippen LogP contribution in [0, 0.1) is 0 Å². The molecule has 0 radical (unpaired) electrons. The molecule has 2 aromatic heterocycles. The molecule has 19 heavy (non-hydrogen) atoms. The molecule has 5 nitrogen and oxygen atoms in total. The van der Waals surface area contributed by atoms with Crippen molar-refractivity contribution in [2.24, 2.45) is 0 Å². The lowest BCUT2D eigenvalue weighted by Gasteiger charge is -2.12. The molecule has 0 amide bonds. The van der Waals surface area contributed by atoms with Crippen molar-refractivity contribution in [2.45, 2.75) is 32.4 Å². The van der Waals surface area contributed by atoms with E-state index in [4.69, 9.17) is 9.15 Å². The van der Waals surface area contributed by atoms with Gasteiger partial charge in [-0.3, -0.25) is 4.68 Å². The minimum absolute atomic E-state index is 0.380. The molecule has 2 heterocycles. The summed E-state index contributed by atoms with van der Waals surface area (Å²) in [4.78, 5) is 0. The van der Waals surface area contributed by atoms with Crippen LogP contribution < -0.4 is 5.32 Å². The van der Waals surface area contributed by atoms with Crippen molar-refractivity contribution in [1.29, 1.82) is 0 Å². The van der Waals surface area contributed by atoms with Crippen LogP contribution in [-0.4, -0.2) is 29.5 Å². The Morgan fingerprint density at radius 2 is 2.42 bits per heavy atom. The average molecular weight is 263 g/mol. The van der Waals surface area contributed by atoms with Gasteiger partial charge in [0.15, 0.2) is 0 Å². The first kappa shape index (κ1) is 13.7. The van der Waals surface area contributed by atoms with Crippen molar-refractivity contribution in [3.63, 3.8) is 0 Å². The van der Waals surface area contributed by atoms with Crippen LogP contribution in [-0.2, 0) is 17.7 Å². The maximum atomic E-state index is 5.32. The molecule has 2 rings (SSSR count). The quantitative estimate of drug-likeness (QED) is 0.795. The second-order valence-corrected chi connectivity index (χ2v) is 4.65. The van der Waals surface area contributed by atoms with Gasteiger partial charge < -0.3 is 14.5 Å². The highest BCUT2D eigenvalue weighted by Crippen LogP contribution is 2.11. The summed E-state index contributed by atoms with van der Waals surface area (Å²) in [5, 5.41) is 7.71. The molecule has 0 fully saturated rings. The first-order chi connectivity index (χ1) is 9.28. The van der Waals surface area contributed by atoms with Crippen LogP contribution in [0.25, 0.3) is 0 Å². The van der Waals surface area contributed by atoms with Crippen LogP contribution in [0.4, 0.5) is 5.69 Å². The summed E-state index contributed by atoms with van der Waals surface area (Å²) < 4.78 is 12.2. The molecule has 2 aromatic rings. The zero-order chi connectivity index (χ0) is 13.5. The van der Waals surface area contributed by atoms with Crippen molar-refractivity contribution < 1.29 is 9.15 Å². The van der Waals surface area contributed by atoms with Gasteiger partial charge in [-0.2, -0.15) is 5.10 Å². The zero-order valence-electron chi connectivity index (χ0n) is 11.5. The second-order valence-electron chi connectivity index (χ2n) is 4.65. The number of furan rings is 1. The monoisotopic (exact) mass is 263 g/mol. The zero-order valence-corrected chi connectivity index (χ0v) is 11.5. The number of anilines is 1. The van der Waals surface area contributed by atoms with Crippen LogP contribution in [0.2, 0.25) is 0 Å². The van der Waals surface area contributed by atoms with E-state index in [0.717, 1.165) is 30.8 Å². The number of methoxy groups -OCH3 is 1. The average Bonchev–Trinajstić information content (AvgIpc) is 3.05. The van der Waals surface area contributed by atoms with E-state index < -0.39 is 0 Å². The first-order valence-corrected chi connectivity index (χ1v) is 6.58. The van der Waals surface area contributed by atoms with Crippen molar-refractivity contribution in [1.82, 2.24) is 9.78 Å². The van der Waals surface area contributed by atoms with Gasteiger partial charge in [0, 0.05) is 25.8 Å². The van der Waals surface area contributed by atoms with E-state index in [1.807, 2.05) is 29.2 Å². The largest absolute Gasteiger partial charge is 0.469 e. The number of ether oxygens (including phenoxy) is 1. The second kappa shape index (κ2) is 6.99. The van der Waals surface area contributed by atoms with E-state index in [-0.39, 0.29) is 0 Å². The molecule has 1 atom stereocenters. The molecule has 1 unspecified atom stereocenters. The van der Waals surface area contributed by atoms with Gasteiger partial charge in [0.25, 0.3) is 0 Å². The maximum Gasteiger partial charge on any atom is 0.103 e. The normalized spacial score (nSPS) is 12.5. The summed E-state index contributed by atoms with van der Waals surface area (Å²) in [5.41, 5.74) is 1.04. The predicted molar refractivity (Wildman–Crippen MR) is 74.2 cm³/mol. The van der Waals surface area contributed by atoms with Gasteiger partial charge in [-0.15, -0.1) is 0 Å². The third-order valence-corrected chi connectivity index (χ3v) is 2.97. The van der Waals surface area contributed by atoms with E-state index in [1.165, 1.54) is 0 Å². The number of aromatic nitrogens is 2. The minimum atomic E-state index is 0.380. The summed E-state index contributed by atoms with van der Waals surface area (Å²) in [6, 6.07) is 4.31. The summed E-state index contributed by atoms with van der Waals surface area (Å²) in [6.07, 6.45) is 7.53. The molecular weight excluding hydrogens is 242 g/mol. The molecule has 1 N–H and O–H groups in total. The van der Waals surface area contributed by atoms with Gasteiger partial charge in [0.2, 0.25) is 0 Å². The number of rotatable bonds is 8. The molecule has 0 saturated heterocycles. The summed E-state index contributed by atoms with van der Waals surface area (Å²) in [6.45, 7) is 3.61. The fourth-order valence-electron chi connectivity index (χ4n) is 1.92. The highest BCUT2D eigenvalue weighted by Gasteiger charge is 2.05. The first-order valence-electron chi connectivity index (χ1n) is 6.58. The Balaban J connectivity index is 1.75. The molecule has 0 aromatic carbocycles. The van der Waals surface area contributed by atoms with E-state index in [1.54, 1.807) is 13.4 Å². The van der Waals surface area contributed by atoms with E-state index in [9.17, 15) is 0 Å². The number of aryl methyl sites for hydroxylation is 1. The predicted octanol–water partition coefficient (Wildman–Crippen LogP) is 2.56. The van der Waals surface area contributed by atoms with E-state index in [2.05, 4.69) is 17.3 Å². The number of hydrogen-bond acceptors (Lipinski definition) is 4. The van der Waals surface area contributed by atoms with Crippen LogP contribution in [0.15, 0.2) is 35.2 Å². The van der Waals surface area contributed by atoms with Gasteiger partial charge >= 0.3 is 0 Å². The van der Waals surface area contributed by atoms with Crippen molar-refractivity contribution >= 4 is 5.69 Å². The van der Waals surface area contributed by atoms with E-state index in [0.29, 0.717) is 12.6 Å². The van der Waals surface area contributed by atoms with Crippen LogP contribution in [0.3, 0.4) is 0 Å². The fourth-order valence-corrected chi connectivity index (χ4v) is 1.92. The third kappa shape index (κ3) is 4.44. The Bertz CT molecular complexity index is 465. The highest BCUT2D eigenvalue weighted by molar-refractivity contribution is 5.39. The fraction of sp³-hybridized carbons (Fsp3) is 0.500. The van der Waals surface area contributed by atoms with E-state index >= 15 is 0 Å². The summed E-state index contributed by atoms with van der Waals surface area (Å²) in [7, 11) is 1.69. The van der Waals surface area contributed by atoms with Crippen LogP contribution in [0.1, 0.15) is 19.1 Å². The molecule has 0 aliphatic carbocycles. The Morgan fingerprint density at radius 3 is 3.16 bits per heavy atom. The lowest BCUT2D eigenvalue weighted by Crippen LogP contribution is -2.15. The Kier molecular flexibility index (Phi) is 5.03. The highest BCUT2D eigenvalue weighted by atomic mass is 16.5. The number of nitrogens with one attached hydrogen (secondary N) is 1. The SMILES string of the molecule is COCCn1cc(NC(C)CCc2ccco2)cn1. The Hall–Kier alpha value is -1.75. The minimum Gasteiger partial charge on any atom is -0.469 e. The van der Waals surface area contributed by atoms with Gasteiger partial charge in [-0.25, -0.2) is 0 Å². The Morgan fingerprint density at radius 1 is 1.53 bits per heavy atom. The molecule has 0 aliphatic heterocycles. The molecule has 0 aliphatic rings. The smallest absolute Gasteiger partial charge is 0.103 e. The van der Waals surface area contributed by atoms with Gasteiger partial charge in [0.1, 0.15) is 5.76 Å². The molecule has 104 valence electrons. The van der Waals surface area contributed by atoms with Gasteiger partial charge in [-0.1, -0.05) is 0 Å². The molecule has 5 heteroatoms. The lowest BCUT2D eigenvalue weighted by atomic mass is 10.1. The maximum absolute atomic E-state index is 5.32. The molecule has 0 saturated carbocycles.